The van der Waals surface area contributed by atoms with E-state index in [2.05, 4.69) is 20.8 Å². The van der Waals surface area contributed by atoms with Crippen molar-refractivity contribution >= 4 is 63.1 Å². The number of hydrogen-bond donors (Lipinski definition) is 6. The zero-order valence-corrected chi connectivity index (χ0v) is 22.7. The number of rotatable bonds is 12. The second kappa shape index (κ2) is 11.8. The highest BCUT2D eigenvalue weighted by molar-refractivity contribution is 8.01. The fraction of sp³-hybridized carbons (Fsp3) is 0.333. The van der Waals surface area contributed by atoms with Crippen molar-refractivity contribution in [1.82, 2.24) is 20.4 Å². The van der Waals surface area contributed by atoms with E-state index in [1.54, 1.807) is 24.3 Å². The lowest BCUT2D eigenvalue weighted by atomic mass is 10.0. The molecule has 0 radical (unpaired) electrons. The van der Waals surface area contributed by atoms with Crippen molar-refractivity contribution < 1.29 is 46.8 Å². The highest BCUT2D eigenvalue weighted by Gasteiger charge is 2.54. The lowest BCUT2D eigenvalue weighted by molar-refractivity contribution is -0.150. The summed E-state index contributed by atoms with van der Waals surface area (Å²) in [5.74, 6) is -4.50. The van der Waals surface area contributed by atoms with E-state index in [1.165, 1.54) is 11.8 Å². The molecule has 0 spiro atoms. The molecule has 3 heterocycles. The SMILES string of the molecule is NC(Nc1ccc(CC(=O)NC2C(=O)N3C(C(=O)O)=C(CSc4nnc(CS(=O)(=O)O)o4)CS[C@@H]23)cc1)C(=O)O. The van der Waals surface area contributed by atoms with E-state index in [0.717, 1.165) is 16.7 Å². The highest BCUT2D eigenvalue weighted by Crippen LogP contribution is 2.41. The molecule has 1 fully saturated rings. The van der Waals surface area contributed by atoms with E-state index in [-0.39, 0.29) is 34.7 Å². The number of benzene rings is 1. The number of nitrogens with zero attached hydrogens (tertiary/aromatic N) is 3. The Morgan fingerprint density at radius 1 is 1.23 bits per heavy atom. The average Bonchev–Trinajstić information content (AvgIpc) is 3.31. The van der Waals surface area contributed by atoms with E-state index in [1.807, 2.05) is 0 Å². The van der Waals surface area contributed by atoms with Gasteiger partial charge in [-0.25, -0.2) is 9.59 Å². The number of nitrogens with two attached hydrogens (primary N) is 1. The third kappa shape index (κ3) is 6.91. The maximum Gasteiger partial charge on any atom is 0.352 e. The molecule has 16 nitrogen and oxygen atoms in total. The smallest absolute Gasteiger partial charge is 0.352 e. The van der Waals surface area contributed by atoms with E-state index in [4.69, 9.17) is 19.8 Å². The molecular formula is C21H22N6O10S3. The molecule has 4 rings (SSSR count). The van der Waals surface area contributed by atoms with Crippen molar-refractivity contribution in [3.8, 4) is 0 Å². The number of amides is 2. The molecule has 2 aliphatic rings. The third-order valence-electron chi connectivity index (χ3n) is 5.60. The maximum absolute atomic E-state index is 12.9. The number of anilines is 1. The lowest BCUT2D eigenvalue weighted by Gasteiger charge is -2.49. The number of carbonyl (C=O) groups excluding carboxylic acids is 2. The Morgan fingerprint density at radius 3 is 2.55 bits per heavy atom. The Labute approximate surface area is 234 Å². The normalized spacial score (nSPS) is 19.4. The standard InChI is InChI=1S/C21H22N6O10S3/c22-16(20(32)33)23-11-3-1-9(2-4-11)5-12(28)24-14-17(29)27-15(19(30)31)10(6-38-18(14)27)7-39-21-26-25-13(37-21)8-40(34,35)36/h1-4,14,16,18,23H,5-8,22H2,(H,24,28)(H,30,31)(H,32,33)(H,34,35,36)/t14?,16?,18-/m0/s1. The Bertz CT molecular complexity index is 1480. The Morgan fingerprint density at radius 2 is 1.93 bits per heavy atom. The van der Waals surface area contributed by atoms with Crippen LogP contribution in [-0.2, 0) is 41.5 Å². The van der Waals surface area contributed by atoms with Crippen LogP contribution in [0.25, 0.3) is 0 Å². The number of fused-ring (bicyclic) bond motifs is 1. The van der Waals surface area contributed by atoms with Crippen LogP contribution in [0.15, 0.2) is 45.2 Å². The predicted octanol–water partition coefficient (Wildman–Crippen LogP) is -0.688. The van der Waals surface area contributed by atoms with Crippen LogP contribution in [0.5, 0.6) is 0 Å². The second-order valence-electron chi connectivity index (χ2n) is 8.52. The number of thioether (sulfide) groups is 2. The molecule has 2 unspecified atom stereocenters. The molecule has 40 heavy (non-hydrogen) atoms. The van der Waals surface area contributed by atoms with Crippen LogP contribution in [0, 0.1) is 0 Å². The van der Waals surface area contributed by atoms with E-state index >= 15 is 0 Å². The lowest BCUT2D eigenvalue weighted by Crippen LogP contribution is -2.70. The summed E-state index contributed by atoms with van der Waals surface area (Å²) in [6.45, 7) is 0. The molecule has 19 heteroatoms. The van der Waals surface area contributed by atoms with Crippen molar-refractivity contribution in [2.24, 2.45) is 5.73 Å². The van der Waals surface area contributed by atoms with Crippen molar-refractivity contribution in [1.29, 1.82) is 0 Å². The van der Waals surface area contributed by atoms with Gasteiger partial charge in [-0.1, -0.05) is 23.9 Å². The summed E-state index contributed by atoms with van der Waals surface area (Å²) in [6.07, 6.45) is -1.36. The Kier molecular flexibility index (Phi) is 8.68. The average molecular weight is 615 g/mol. The maximum atomic E-state index is 12.9. The molecule has 3 atom stereocenters. The summed E-state index contributed by atoms with van der Waals surface area (Å²) in [5, 5.41) is 30.4. The first-order valence-corrected chi connectivity index (χ1v) is 14.9. The van der Waals surface area contributed by atoms with Crippen LogP contribution in [0.3, 0.4) is 0 Å². The molecule has 1 aromatic heterocycles. The van der Waals surface area contributed by atoms with Crippen molar-refractivity contribution in [3.63, 3.8) is 0 Å². The van der Waals surface area contributed by atoms with Gasteiger partial charge in [-0.3, -0.25) is 19.0 Å². The first-order valence-electron chi connectivity index (χ1n) is 11.3. The second-order valence-corrected chi connectivity index (χ2v) is 12.0. The minimum atomic E-state index is -4.37. The minimum absolute atomic E-state index is 0.0448. The van der Waals surface area contributed by atoms with Gasteiger partial charge in [-0.15, -0.1) is 22.0 Å². The zero-order valence-electron chi connectivity index (χ0n) is 20.2. The molecule has 2 aromatic rings. The molecule has 0 bridgehead atoms. The molecule has 1 saturated heterocycles. The molecule has 0 saturated carbocycles. The van der Waals surface area contributed by atoms with Gasteiger partial charge in [0.15, 0.2) is 11.9 Å². The zero-order chi connectivity index (χ0) is 29.2. The number of hydrogen-bond acceptors (Lipinski definition) is 13. The van der Waals surface area contributed by atoms with Crippen molar-refractivity contribution in [3.05, 3.63) is 47.0 Å². The van der Waals surface area contributed by atoms with Crippen LogP contribution >= 0.6 is 23.5 Å². The fourth-order valence-electron chi connectivity index (χ4n) is 3.82. The van der Waals surface area contributed by atoms with E-state index in [0.29, 0.717) is 16.8 Å². The van der Waals surface area contributed by atoms with Gasteiger partial charge in [-0.2, -0.15) is 8.42 Å². The van der Waals surface area contributed by atoms with Gasteiger partial charge in [0.05, 0.1) is 6.42 Å². The van der Waals surface area contributed by atoms with Crippen molar-refractivity contribution in [2.75, 3.05) is 16.8 Å². The monoisotopic (exact) mass is 614 g/mol. The fourth-order valence-corrected chi connectivity index (χ4v) is 6.52. The number of nitrogens with one attached hydrogen (secondary N) is 2. The molecule has 7 N–H and O–H groups in total. The number of carbonyl (C=O) groups is 4. The van der Waals surface area contributed by atoms with Crippen LogP contribution in [0.4, 0.5) is 5.69 Å². The van der Waals surface area contributed by atoms with E-state index < -0.39 is 57.2 Å². The Hall–Kier alpha value is -3.65. The summed E-state index contributed by atoms with van der Waals surface area (Å²) < 4.78 is 35.9. The van der Waals surface area contributed by atoms with Gasteiger partial charge in [-0.05, 0) is 23.3 Å². The van der Waals surface area contributed by atoms with Crippen LogP contribution in [0.2, 0.25) is 0 Å². The summed E-state index contributed by atoms with van der Waals surface area (Å²) in [7, 11) is -4.37. The van der Waals surface area contributed by atoms with Gasteiger partial charge < -0.3 is 31.0 Å². The van der Waals surface area contributed by atoms with E-state index in [9.17, 15) is 32.7 Å². The Balaban J connectivity index is 1.35. The predicted molar refractivity (Wildman–Crippen MR) is 139 cm³/mol. The summed E-state index contributed by atoms with van der Waals surface area (Å²) in [4.78, 5) is 49.4. The van der Waals surface area contributed by atoms with Gasteiger partial charge in [0.2, 0.25) is 11.8 Å². The first-order chi connectivity index (χ1) is 18.8. The number of β-lactam (4-membered cyclic amide) rings is 1. The number of carboxylic acids is 2. The summed E-state index contributed by atoms with van der Waals surface area (Å²) in [5.41, 5.74) is 6.64. The first kappa shape index (κ1) is 29.3. The number of aliphatic carboxylic acids is 2. The van der Waals surface area contributed by atoms with Crippen LogP contribution in [-0.4, -0.2) is 91.1 Å². The molecule has 2 amide bonds. The van der Waals surface area contributed by atoms with Gasteiger partial charge in [0, 0.05) is 17.2 Å². The number of carboxylic acid groups (broad SMARTS) is 2. The summed E-state index contributed by atoms with van der Waals surface area (Å²) >= 11 is 2.21. The van der Waals surface area contributed by atoms with Gasteiger partial charge >= 0.3 is 11.9 Å². The van der Waals surface area contributed by atoms with Crippen LogP contribution < -0.4 is 16.4 Å². The highest BCUT2D eigenvalue weighted by atomic mass is 32.2. The molecule has 1 aromatic carbocycles. The van der Waals surface area contributed by atoms with Gasteiger partial charge in [0.1, 0.15) is 17.1 Å². The number of aromatic nitrogens is 2. The summed E-state index contributed by atoms with van der Waals surface area (Å²) in [6, 6.07) is 5.41. The van der Waals surface area contributed by atoms with Crippen molar-refractivity contribution in [2.45, 2.75) is 35.0 Å². The molecule has 214 valence electrons. The minimum Gasteiger partial charge on any atom is -0.479 e. The third-order valence-corrected chi connectivity index (χ3v) is 8.45. The molecule has 0 aliphatic carbocycles. The molecule has 2 aliphatic heterocycles. The van der Waals surface area contributed by atoms with Gasteiger partial charge in [0.25, 0.3) is 21.2 Å². The quantitative estimate of drug-likeness (QED) is 0.0748. The largest absolute Gasteiger partial charge is 0.479 e. The topological polar surface area (TPSA) is 255 Å². The molecular weight excluding hydrogens is 592 g/mol. The van der Waals surface area contributed by atoms with Crippen LogP contribution in [0.1, 0.15) is 11.5 Å².